The van der Waals surface area contributed by atoms with Gasteiger partial charge in [0.25, 0.3) is 5.91 Å². The lowest BCUT2D eigenvalue weighted by Gasteiger charge is -2.11. The van der Waals surface area contributed by atoms with E-state index in [1.807, 2.05) is 36.4 Å². The molecule has 1 aliphatic carbocycles. The molecule has 0 saturated carbocycles. The molecule has 0 spiro atoms. The van der Waals surface area contributed by atoms with Crippen molar-refractivity contribution in [1.29, 1.82) is 0 Å². The van der Waals surface area contributed by atoms with Crippen LogP contribution < -0.4 is 0 Å². The number of hydrogen-bond acceptors (Lipinski definition) is 3. The SMILES string of the molecule is CN1C(=O)/C(=C2\CCc3cc(O)ccc32)N=C1c1ccccc1. The number of phenolic OH excluding ortho intramolecular Hbond substituents is 1. The predicted molar refractivity (Wildman–Crippen MR) is 89.1 cm³/mol. The summed E-state index contributed by atoms with van der Waals surface area (Å²) in [6, 6.07) is 15.0. The Morgan fingerprint density at radius 2 is 1.87 bits per heavy atom. The number of fused-ring (bicyclic) bond motifs is 1. The van der Waals surface area contributed by atoms with E-state index in [9.17, 15) is 9.90 Å². The quantitative estimate of drug-likeness (QED) is 0.824. The summed E-state index contributed by atoms with van der Waals surface area (Å²) in [5.41, 5.74) is 4.53. The number of phenols is 1. The maximum atomic E-state index is 12.7. The van der Waals surface area contributed by atoms with Gasteiger partial charge in [-0.25, -0.2) is 4.99 Å². The number of aryl methyl sites for hydroxylation is 1. The van der Waals surface area contributed by atoms with Gasteiger partial charge in [-0.1, -0.05) is 36.4 Å². The zero-order valence-corrected chi connectivity index (χ0v) is 12.8. The monoisotopic (exact) mass is 304 g/mol. The first-order chi connectivity index (χ1) is 11.1. The Bertz CT molecular complexity index is 866. The van der Waals surface area contributed by atoms with Crippen LogP contribution in [-0.4, -0.2) is 28.8 Å². The standard InChI is InChI=1S/C19H16N2O2/c1-21-18(12-5-3-2-4-6-12)20-17(19(21)23)16-9-7-13-11-14(22)8-10-15(13)16/h2-6,8,10-11,22H,7,9H2,1H3/b17-16-. The van der Waals surface area contributed by atoms with E-state index in [0.717, 1.165) is 35.1 Å². The van der Waals surface area contributed by atoms with Crippen LogP contribution in [0.2, 0.25) is 0 Å². The number of amides is 1. The van der Waals surface area contributed by atoms with Gasteiger partial charge in [-0.2, -0.15) is 0 Å². The summed E-state index contributed by atoms with van der Waals surface area (Å²) in [5, 5.41) is 9.61. The number of aliphatic imine (C=N–C) groups is 1. The fourth-order valence-corrected chi connectivity index (χ4v) is 3.25. The smallest absolute Gasteiger partial charge is 0.278 e. The Morgan fingerprint density at radius 3 is 2.65 bits per heavy atom. The average molecular weight is 304 g/mol. The number of allylic oxidation sites excluding steroid dienone is 1. The highest BCUT2D eigenvalue weighted by Gasteiger charge is 2.32. The molecule has 0 fully saturated rings. The maximum absolute atomic E-state index is 12.7. The van der Waals surface area contributed by atoms with Crippen molar-refractivity contribution in [1.82, 2.24) is 4.90 Å². The fourth-order valence-electron chi connectivity index (χ4n) is 3.25. The third-order valence-corrected chi connectivity index (χ3v) is 4.42. The highest BCUT2D eigenvalue weighted by Crippen LogP contribution is 2.38. The molecule has 2 aromatic rings. The number of nitrogens with zero attached hydrogens (tertiary/aromatic N) is 2. The van der Waals surface area contributed by atoms with E-state index < -0.39 is 0 Å². The molecule has 1 aliphatic heterocycles. The van der Waals surface area contributed by atoms with Crippen LogP contribution in [0.5, 0.6) is 5.75 Å². The molecular weight excluding hydrogens is 288 g/mol. The van der Waals surface area contributed by atoms with Crippen molar-refractivity contribution >= 4 is 17.3 Å². The van der Waals surface area contributed by atoms with Crippen LogP contribution in [-0.2, 0) is 11.2 Å². The molecule has 0 bridgehead atoms. The Kier molecular flexibility index (Phi) is 3.05. The minimum atomic E-state index is -0.0696. The molecule has 0 unspecified atom stereocenters. The first-order valence-corrected chi connectivity index (χ1v) is 7.63. The first-order valence-electron chi connectivity index (χ1n) is 7.63. The minimum Gasteiger partial charge on any atom is -0.508 e. The van der Waals surface area contributed by atoms with Gasteiger partial charge in [0.05, 0.1) is 0 Å². The third-order valence-electron chi connectivity index (χ3n) is 4.42. The van der Waals surface area contributed by atoms with Crippen LogP contribution in [0.15, 0.2) is 59.2 Å². The average Bonchev–Trinajstić information content (AvgIpc) is 3.10. The summed E-state index contributed by atoms with van der Waals surface area (Å²) in [7, 11) is 1.76. The van der Waals surface area contributed by atoms with Crippen molar-refractivity contribution in [3.05, 3.63) is 70.9 Å². The molecular formula is C19H16N2O2. The van der Waals surface area contributed by atoms with E-state index in [1.165, 1.54) is 0 Å². The topological polar surface area (TPSA) is 52.9 Å². The van der Waals surface area contributed by atoms with Gasteiger partial charge >= 0.3 is 0 Å². The van der Waals surface area contributed by atoms with E-state index in [0.29, 0.717) is 11.5 Å². The van der Waals surface area contributed by atoms with Gasteiger partial charge in [-0.3, -0.25) is 9.69 Å². The number of aromatic hydroxyl groups is 1. The van der Waals surface area contributed by atoms with Crippen molar-refractivity contribution in [2.45, 2.75) is 12.8 Å². The molecule has 4 nitrogen and oxygen atoms in total. The van der Waals surface area contributed by atoms with E-state index in [2.05, 4.69) is 4.99 Å². The second-order valence-electron chi connectivity index (χ2n) is 5.83. The molecule has 1 N–H and O–H groups in total. The highest BCUT2D eigenvalue weighted by atomic mass is 16.3. The molecule has 1 amide bonds. The molecule has 2 aromatic carbocycles. The summed E-state index contributed by atoms with van der Waals surface area (Å²) in [6.45, 7) is 0. The summed E-state index contributed by atoms with van der Waals surface area (Å²) in [6.07, 6.45) is 1.61. The molecule has 23 heavy (non-hydrogen) atoms. The van der Waals surface area contributed by atoms with Crippen LogP contribution in [0.25, 0.3) is 5.57 Å². The van der Waals surface area contributed by atoms with E-state index >= 15 is 0 Å². The van der Waals surface area contributed by atoms with Gasteiger partial charge in [0, 0.05) is 12.6 Å². The van der Waals surface area contributed by atoms with Crippen molar-refractivity contribution in [3.63, 3.8) is 0 Å². The van der Waals surface area contributed by atoms with Crippen LogP contribution in [0.3, 0.4) is 0 Å². The highest BCUT2D eigenvalue weighted by molar-refractivity contribution is 6.20. The summed E-state index contributed by atoms with van der Waals surface area (Å²) >= 11 is 0. The number of carbonyl (C=O) groups is 1. The number of likely N-dealkylation sites (N-methyl/N-ethyl adjacent to an activating group) is 1. The van der Waals surface area contributed by atoms with Crippen LogP contribution in [0, 0.1) is 0 Å². The molecule has 0 radical (unpaired) electrons. The Morgan fingerprint density at radius 1 is 1.09 bits per heavy atom. The van der Waals surface area contributed by atoms with Crippen molar-refractivity contribution in [2.75, 3.05) is 7.05 Å². The second-order valence-corrected chi connectivity index (χ2v) is 5.83. The number of benzene rings is 2. The lowest BCUT2D eigenvalue weighted by molar-refractivity contribution is -0.121. The van der Waals surface area contributed by atoms with Gasteiger partial charge in [-0.15, -0.1) is 0 Å². The van der Waals surface area contributed by atoms with Crippen LogP contribution >= 0.6 is 0 Å². The van der Waals surface area contributed by atoms with Crippen molar-refractivity contribution in [3.8, 4) is 5.75 Å². The van der Waals surface area contributed by atoms with Gasteiger partial charge in [0.2, 0.25) is 0 Å². The van der Waals surface area contributed by atoms with Gasteiger partial charge in [0.15, 0.2) is 0 Å². The largest absolute Gasteiger partial charge is 0.508 e. The number of amidine groups is 1. The zero-order valence-electron chi connectivity index (χ0n) is 12.8. The number of carbonyl (C=O) groups excluding carboxylic acids is 1. The Hall–Kier alpha value is -2.88. The fraction of sp³-hybridized carbons (Fsp3) is 0.158. The normalized spacial score (nSPS) is 20.0. The molecule has 0 saturated heterocycles. The van der Waals surface area contributed by atoms with Gasteiger partial charge in [0.1, 0.15) is 17.3 Å². The number of rotatable bonds is 1. The zero-order chi connectivity index (χ0) is 16.0. The van der Waals surface area contributed by atoms with E-state index in [1.54, 1.807) is 24.1 Å². The second kappa shape index (κ2) is 5.09. The molecule has 1 heterocycles. The Balaban J connectivity index is 1.85. The summed E-state index contributed by atoms with van der Waals surface area (Å²) in [5.74, 6) is 0.878. The van der Waals surface area contributed by atoms with E-state index in [-0.39, 0.29) is 11.7 Å². The van der Waals surface area contributed by atoms with Crippen molar-refractivity contribution in [2.24, 2.45) is 4.99 Å². The molecule has 0 atom stereocenters. The van der Waals surface area contributed by atoms with E-state index in [4.69, 9.17) is 0 Å². The lowest BCUT2D eigenvalue weighted by Crippen LogP contribution is -2.28. The van der Waals surface area contributed by atoms with Gasteiger partial charge in [-0.05, 0) is 41.7 Å². The summed E-state index contributed by atoms with van der Waals surface area (Å²) < 4.78 is 0. The molecule has 114 valence electrons. The predicted octanol–water partition coefficient (Wildman–Crippen LogP) is 2.97. The van der Waals surface area contributed by atoms with Crippen LogP contribution in [0.1, 0.15) is 23.1 Å². The van der Waals surface area contributed by atoms with Crippen LogP contribution in [0.4, 0.5) is 0 Å². The number of hydrogen-bond donors (Lipinski definition) is 1. The Labute approximate surface area is 134 Å². The molecule has 4 rings (SSSR count). The van der Waals surface area contributed by atoms with Crippen molar-refractivity contribution < 1.29 is 9.90 Å². The summed E-state index contributed by atoms with van der Waals surface area (Å²) in [4.78, 5) is 18.9. The molecule has 2 aliphatic rings. The van der Waals surface area contributed by atoms with Gasteiger partial charge < -0.3 is 5.11 Å². The lowest BCUT2D eigenvalue weighted by atomic mass is 10.1. The maximum Gasteiger partial charge on any atom is 0.278 e. The first kappa shape index (κ1) is 13.8. The minimum absolute atomic E-state index is 0.0696. The third kappa shape index (κ3) is 2.14. The molecule has 0 aromatic heterocycles. The molecule has 4 heteroatoms.